The van der Waals surface area contributed by atoms with Gasteiger partial charge in [0.15, 0.2) is 0 Å². The van der Waals surface area contributed by atoms with E-state index in [9.17, 15) is 18.0 Å². The van der Waals surface area contributed by atoms with Crippen molar-refractivity contribution in [3.05, 3.63) is 83.9 Å². The molecule has 0 fully saturated rings. The van der Waals surface area contributed by atoms with E-state index in [-0.39, 0.29) is 17.3 Å². The first kappa shape index (κ1) is 32.5. The van der Waals surface area contributed by atoms with Crippen molar-refractivity contribution in [3.63, 3.8) is 0 Å². The van der Waals surface area contributed by atoms with Crippen molar-refractivity contribution < 1.29 is 27.5 Å². The Morgan fingerprint density at radius 2 is 1.52 bits per heavy atom. The molecular formula is C32H41N3O6S. The summed E-state index contributed by atoms with van der Waals surface area (Å²) in [6.45, 7) is 8.89. The molecule has 0 aliphatic heterocycles. The SMILES string of the molecule is CC[C@@H](C(=O)NC(C)(C)C)N(Cc1cccc(OC)c1)C(=O)CN(c1ccc(C)cc1)S(=O)(=O)c1ccc(OC)cc1. The minimum Gasteiger partial charge on any atom is -0.497 e. The summed E-state index contributed by atoms with van der Waals surface area (Å²) in [5, 5.41) is 2.97. The van der Waals surface area contributed by atoms with Crippen molar-refractivity contribution in [1.82, 2.24) is 10.2 Å². The lowest BCUT2D eigenvalue weighted by Gasteiger charge is -2.34. The van der Waals surface area contributed by atoms with E-state index in [4.69, 9.17) is 9.47 Å². The van der Waals surface area contributed by atoms with Crippen molar-refractivity contribution in [3.8, 4) is 11.5 Å². The van der Waals surface area contributed by atoms with Crippen LogP contribution >= 0.6 is 0 Å². The molecule has 226 valence electrons. The highest BCUT2D eigenvalue weighted by Gasteiger charge is 2.34. The van der Waals surface area contributed by atoms with Gasteiger partial charge in [0.1, 0.15) is 24.1 Å². The Kier molecular flexibility index (Phi) is 10.6. The van der Waals surface area contributed by atoms with Gasteiger partial charge in [-0.25, -0.2) is 8.42 Å². The van der Waals surface area contributed by atoms with Crippen LogP contribution in [0, 0.1) is 6.92 Å². The number of ether oxygens (including phenoxy) is 2. The maximum absolute atomic E-state index is 14.2. The number of aryl methyl sites for hydroxylation is 1. The predicted molar refractivity (Wildman–Crippen MR) is 164 cm³/mol. The fourth-order valence-electron chi connectivity index (χ4n) is 4.45. The molecule has 0 saturated heterocycles. The number of anilines is 1. The Balaban J connectivity index is 2.08. The number of carbonyl (C=O) groups excluding carboxylic acids is 2. The number of amides is 2. The van der Waals surface area contributed by atoms with Gasteiger partial charge in [-0.2, -0.15) is 0 Å². The molecule has 0 bridgehead atoms. The minimum atomic E-state index is -4.18. The molecule has 0 saturated carbocycles. The van der Waals surface area contributed by atoms with Crippen LogP contribution in [0.1, 0.15) is 45.2 Å². The number of nitrogens with zero attached hydrogens (tertiary/aromatic N) is 2. The second-order valence-electron chi connectivity index (χ2n) is 11.1. The molecule has 9 nitrogen and oxygen atoms in total. The molecular weight excluding hydrogens is 554 g/mol. The largest absolute Gasteiger partial charge is 0.497 e. The molecule has 10 heteroatoms. The van der Waals surface area contributed by atoms with Crippen LogP contribution in [0.15, 0.2) is 77.7 Å². The molecule has 0 aliphatic carbocycles. The summed E-state index contributed by atoms with van der Waals surface area (Å²) in [6, 6.07) is 19.3. The molecule has 0 radical (unpaired) electrons. The van der Waals surface area contributed by atoms with E-state index >= 15 is 0 Å². The Morgan fingerprint density at radius 1 is 0.905 bits per heavy atom. The lowest BCUT2D eigenvalue weighted by atomic mass is 10.1. The van der Waals surface area contributed by atoms with Gasteiger partial charge in [-0.15, -0.1) is 0 Å². The molecule has 0 aliphatic rings. The standard InChI is InChI=1S/C32H41N3O6S/c1-8-29(31(37)33-32(3,4)5)34(21-24-10-9-11-27(20-24)41-7)30(36)22-35(25-14-12-23(2)13-15-25)42(38,39)28-18-16-26(40-6)17-19-28/h9-20,29H,8,21-22H2,1-7H3,(H,33,37)/t29-/m0/s1. The van der Waals surface area contributed by atoms with Crippen molar-refractivity contribution in [1.29, 1.82) is 0 Å². The molecule has 0 unspecified atom stereocenters. The maximum Gasteiger partial charge on any atom is 0.264 e. The topological polar surface area (TPSA) is 105 Å². The zero-order valence-electron chi connectivity index (χ0n) is 25.4. The summed E-state index contributed by atoms with van der Waals surface area (Å²) in [5.41, 5.74) is 1.49. The lowest BCUT2D eigenvalue weighted by Crippen LogP contribution is -2.55. The van der Waals surface area contributed by atoms with E-state index in [2.05, 4.69) is 5.32 Å². The fourth-order valence-corrected chi connectivity index (χ4v) is 5.87. The smallest absolute Gasteiger partial charge is 0.264 e. The third kappa shape index (κ3) is 8.25. The number of nitrogens with one attached hydrogen (secondary N) is 1. The van der Waals surface area contributed by atoms with E-state index in [0.717, 1.165) is 15.4 Å². The summed E-state index contributed by atoms with van der Waals surface area (Å²) in [5.74, 6) is 0.273. The zero-order valence-corrected chi connectivity index (χ0v) is 26.2. The van der Waals surface area contributed by atoms with Gasteiger partial charge < -0.3 is 19.7 Å². The number of benzene rings is 3. The van der Waals surface area contributed by atoms with Crippen LogP contribution in [0.3, 0.4) is 0 Å². The summed E-state index contributed by atoms with van der Waals surface area (Å²) < 4.78 is 39.6. The van der Waals surface area contributed by atoms with Crippen LogP contribution in [0.5, 0.6) is 11.5 Å². The van der Waals surface area contributed by atoms with Gasteiger partial charge in [-0.1, -0.05) is 36.8 Å². The molecule has 0 spiro atoms. The number of hydrogen-bond donors (Lipinski definition) is 1. The molecule has 3 aromatic rings. The summed E-state index contributed by atoms with van der Waals surface area (Å²) in [4.78, 5) is 29.1. The van der Waals surface area contributed by atoms with Crippen LogP contribution in [0.2, 0.25) is 0 Å². The highest BCUT2D eigenvalue weighted by molar-refractivity contribution is 7.92. The highest BCUT2D eigenvalue weighted by atomic mass is 32.2. The molecule has 0 heterocycles. The van der Waals surface area contributed by atoms with Crippen LogP contribution in [0.4, 0.5) is 5.69 Å². The van der Waals surface area contributed by atoms with E-state index in [1.165, 1.54) is 24.1 Å². The van der Waals surface area contributed by atoms with Crippen LogP contribution in [0.25, 0.3) is 0 Å². The van der Waals surface area contributed by atoms with Crippen molar-refractivity contribution in [2.24, 2.45) is 0 Å². The Bertz CT molecular complexity index is 1470. The monoisotopic (exact) mass is 595 g/mol. The van der Waals surface area contributed by atoms with Crippen LogP contribution in [-0.2, 0) is 26.2 Å². The van der Waals surface area contributed by atoms with E-state index in [1.807, 2.05) is 40.7 Å². The van der Waals surface area contributed by atoms with Gasteiger partial charge in [0.05, 0.1) is 24.8 Å². The zero-order chi connectivity index (χ0) is 31.1. The third-order valence-corrected chi connectivity index (χ3v) is 8.41. The Labute approximate surface area is 249 Å². The molecule has 2 amide bonds. The molecule has 0 aromatic heterocycles. The first-order chi connectivity index (χ1) is 19.8. The van der Waals surface area contributed by atoms with Crippen molar-refractivity contribution in [2.75, 3.05) is 25.1 Å². The van der Waals surface area contributed by atoms with Crippen LogP contribution < -0.4 is 19.1 Å². The third-order valence-electron chi connectivity index (χ3n) is 6.62. The van der Waals surface area contributed by atoms with Gasteiger partial charge in [0.2, 0.25) is 11.8 Å². The average Bonchev–Trinajstić information content (AvgIpc) is 2.95. The predicted octanol–water partition coefficient (Wildman–Crippen LogP) is 4.93. The second-order valence-corrected chi connectivity index (χ2v) is 12.9. The first-order valence-corrected chi connectivity index (χ1v) is 15.2. The van der Waals surface area contributed by atoms with Gasteiger partial charge >= 0.3 is 0 Å². The summed E-state index contributed by atoms with van der Waals surface area (Å²) in [6.07, 6.45) is 0.327. The number of methoxy groups -OCH3 is 2. The Hall–Kier alpha value is -4.05. The molecule has 1 N–H and O–H groups in total. The van der Waals surface area contributed by atoms with Gasteiger partial charge in [0.25, 0.3) is 10.0 Å². The highest BCUT2D eigenvalue weighted by Crippen LogP contribution is 2.27. The second kappa shape index (κ2) is 13.7. The van der Waals surface area contributed by atoms with Crippen LogP contribution in [-0.4, -0.2) is 57.5 Å². The van der Waals surface area contributed by atoms with E-state index in [0.29, 0.717) is 23.6 Å². The summed E-state index contributed by atoms with van der Waals surface area (Å²) in [7, 11) is -1.13. The fraction of sp³-hybridized carbons (Fsp3) is 0.375. The van der Waals surface area contributed by atoms with Crippen molar-refractivity contribution in [2.45, 2.75) is 64.1 Å². The van der Waals surface area contributed by atoms with Crippen molar-refractivity contribution >= 4 is 27.5 Å². The summed E-state index contributed by atoms with van der Waals surface area (Å²) >= 11 is 0. The normalized spacial score (nSPS) is 12.3. The average molecular weight is 596 g/mol. The first-order valence-electron chi connectivity index (χ1n) is 13.8. The molecule has 42 heavy (non-hydrogen) atoms. The quantitative estimate of drug-likeness (QED) is 0.318. The van der Waals surface area contributed by atoms with Gasteiger partial charge in [-0.3, -0.25) is 13.9 Å². The number of sulfonamides is 1. The number of hydrogen-bond acceptors (Lipinski definition) is 6. The molecule has 1 atom stereocenters. The number of rotatable bonds is 12. The molecule has 3 aromatic carbocycles. The van der Waals surface area contributed by atoms with E-state index < -0.39 is 34.1 Å². The van der Waals surface area contributed by atoms with E-state index in [1.54, 1.807) is 61.7 Å². The molecule has 3 rings (SSSR count). The number of carbonyl (C=O) groups is 2. The Morgan fingerprint density at radius 3 is 2.07 bits per heavy atom. The maximum atomic E-state index is 14.2. The lowest BCUT2D eigenvalue weighted by molar-refractivity contribution is -0.141. The van der Waals surface area contributed by atoms with Gasteiger partial charge in [-0.05, 0) is 88.2 Å². The minimum absolute atomic E-state index is 0.00791. The van der Waals surface area contributed by atoms with Gasteiger partial charge in [0, 0.05) is 12.1 Å².